The SMILES string of the molecule is CC(C)(C)C(=O)[C@@H](Oc1ccc(-c2ccccc2)cc1)n1cncn1. The quantitative estimate of drug-likeness (QED) is 0.703. The van der Waals surface area contributed by atoms with Crippen LogP contribution in [0.2, 0.25) is 0 Å². The normalized spacial score (nSPS) is 12.6. The van der Waals surface area contributed by atoms with Crippen LogP contribution in [-0.2, 0) is 4.79 Å². The third-order valence-corrected chi connectivity index (χ3v) is 3.85. The first-order valence-electron chi connectivity index (χ1n) is 8.16. The molecule has 128 valence electrons. The molecule has 0 aliphatic rings. The summed E-state index contributed by atoms with van der Waals surface area (Å²) in [5.74, 6) is 0.544. The highest BCUT2D eigenvalue weighted by molar-refractivity contribution is 5.86. The molecular formula is C20H21N3O2. The first-order chi connectivity index (χ1) is 11.9. The zero-order chi connectivity index (χ0) is 17.9. The van der Waals surface area contributed by atoms with E-state index in [2.05, 4.69) is 22.2 Å². The minimum absolute atomic E-state index is 0.0647. The van der Waals surface area contributed by atoms with Gasteiger partial charge in [-0.1, -0.05) is 63.2 Å². The summed E-state index contributed by atoms with van der Waals surface area (Å²) in [6, 6.07) is 17.8. The smallest absolute Gasteiger partial charge is 0.252 e. The molecule has 5 nitrogen and oxygen atoms in total. The first-order valence-corrected chi connectivity index (χ1v) is 8.16. The van der Waals surface area contributed by atoms with Crippen molar-refractivity contribution in [1.82, 2.24) is 14.8 Å². The van der Waals surface area contributed by atoms with Crippen molar-refractivity contribution in [2.45, 2.75) is 27.0 Å². The van der Waals surface area contributed by atoms with E-state index in [4.69, 9.17) is 4.74 Å². The zero-order valence-corrected chi connectivity index (χ0v) is 14.6. The van der Waals surface area contributed by atoms with Gasteiger partial charge in [0, 0.05) is 5.41 Å². The van der Waals surface area contributed by atoms with E-state index >= 15 is 0 Å². The van der Waals surface area contributed by atoms with Crippen LogP contribution in [0.5, 0.6) is 5.75 Å². The molecule has 0 radical (unpaired) electrons. The summed E-state index contributed by atoms with van der Waals surface area (Å²) in [6.45, 7) is 5.59. The molecule has 0 unspecified atom stereocenters. The standard InChI is InChI=1S/C20H21N3O2/c1-20(2,3)18(24)19(23-14-21-13-22-23)25-17-11-9-16(10-12-17)15-7-5-4-6-8-15/h4-14,19H,1-3H3/t19-/m1/s1. The van der Waals surface area contributed by atoms with Gasteiger partial charge in [0.15, 0.2) is 0 Å². The van der Waals surface area contributed by atoms with E-state index in [1.807, 2.05) is 63.2 Å². The number of ether oxygens (including phenoxy) is 1. The van der Waals surface area contributed by atoms with Crippen LogP contribution in [0.15, 0.2) is 67.3 Å². The second-order valence-electron chi connectivity index (χ2n) is 6.85. The third-order valence-electron chi connectivity index (χ3n) is 3.85. The van der Waals surface area contributed by atoms with E-state index < -0.39 is 11.6 Å². The Labute approximate surface area is 147 Å². The molecule has 3 rings (SSSR count). The number of hydrogen-bond acceptors (Lipinski definition) is 4. The van der Waals surface area contributed by atoms with Crippen LogP contribution in [0, 0.1) is 5.41 Å². The minimum atomic E-state index is -0.843. The van der Waals surface area contributed by atoms with E-state index in [9.17, 15) is 4.79 Å². The predicted octanol–water partition coefficient (Wildman–Crippen LogP) is 4.14. The van der Waals surface area contributed by atoms with Gasteiger partial charge in [-0.25, -0.2) is 9.67 Å². The van der Waals surface area contributed by atoms with E-state index in [1.54, 1.807) is 0 Å². The van der Waals surface area contributed by atoms with Crippen molar-refractivity contribution in [3.63, 3.8) is 0 Å². The molecule has 0 spiro atoms. The second-order valence-corrected chi connectivity index (χ2v) is 6.85. The Bertz CT molecular complexity index is 820. The maximum Gasteiger partial charge on any atom is 0.252 e. The molecule has 1 heterocycles. The third kappa shape index (κ3) is 3.94. The van der Waals surface area contributed by atoms with Crippen molar-refractivity contribution in [3.8, 4) is 16.9 Å². The van der Waals surface area contributed by atoms with Crippen molar-refractivity contribution < 1.29 is 9.53 Å². The number of hydrogen-bond donors (Lipinski definition) is 0. The minimum Gasteiger partial charge on any atom is -0.461 e. The van der Waals surface area contributed by atoms with Gasteiger partial charge in [-0.3, -0.25) is 4.79 Å². The molecule has 0 aliphatic carbocycles. The van der Waals surface area contributed by atoms with Crippen LogP contribution in [0.25, 0.3) is 11.1 Å². The fraction of sp³-hybridized carbons (Fsp3) is 0.250. The lowest BCUT2D eigenvalue weighted by atomic mass is 9.90. The van der Waals surface area contributed by atoms with Crippen molar-refractivity contribution in [3.05, 3.63) is 67.3 Å². The average Bonchev–Trinajstić information content (AvgIpc) is 3.14. The van der Waals surface area contributed by atoms with E-state index in [0.29, 0.717) is 5.75 Å². The highest BCUT2D eigenvalue weighted by Gasteiger charge is 2.33. The van der Waals surface area contributed by atoms with Crippen molar-refractivity contribution in [1.29, 1.82) is 0 Å². The molecule has 5 heteroatoms. The molecule has 25 heavy (non-hydrogen) atoms. The molecule has 3 aromatic rings. The Hall–Kier alpha value is -2.95. The average molecular weight is 335 g/mol. The number of rotatable bonds is 5. The van der Waals surface area contributed by atoms with E-state index in [-0.39, 0.29) is 5.78 Å². The Morgan fingerprint density at radius 3 is 2.20 bits per heavy atom. The molecule has 0 aliphatic heterocycles. The Morgan fingerprint density at radius 1 is 1.00 bits per heavy atom. The summed E-state index contributed by atoms with van der Waals surface area (Å²) in [5, 5.41) is 4.07. The molecule has 2 aromatic carbocycles. The molecule has 1 atom stereocenters. The number of nitrogens with zero attached hydrogens (tertiary/aromatic N) is 3. The zero-order valence-electron chi connectivity index (χ0n) is 14.6. The summed E-state index contributed by atoms with van der Waals surface area (Å²) < 4.78 is 7.39. The molecule has 1 aromatic heterocycles. The topological polar surface area (TPSA) is 57.0 Å². The number of aromatic nitrogens is 3. The largest absolute Gasteiger partial charge is 0.461 e. The lowest BCUT2D eigenvalue weighted by Gasteiger charge is -2.25. The fourth-order valence-electron chi connectivity index (χ4n) is 2.42. The summed E-state index contributed by atoms with van der Waals surface area (Å²) in [7, 11) is 0. The van der Waals surface area contributed by atoms with Crippen LogP contribution in [0.4, 0.5) is 0 Å². The van der Waals surface area contributed by atoms with Gasteiger partial charge < -0.3 is 4.74 Å². The summed E-state index contributed by atoms with van der Waals surface area (Å²) >= 11 is 0. The molecule has 0 N–H and O–H groups in total. The summed E-state index contributed by atoms with van der Waals surface area (Å²) in [4.78, 5) is 16.7. The molecule has 0 saturated carbocycles. The maximum atomic E-state index is 12.7. The van der Waals surface area contributed by atoms with Gasteiger partial charge >= 0.3 is 0 Å². The lowest BCUT2D eigenvalue weighted by molar-refractivity contribution is -0.138. The Morgan fingerprint density at radius 2 is 1.64 bits per heavy atom. The van der Waals surface area contributed by atoms with Gasteiger partial charge in [-0.05, 0) is 23.3 Å². The number of Topliss-reactive ketones (excluding diaryl/α,β-unsaturated/α-hetero) is 1. The Kier molecular flexibility index (Phi) is 4.65. The van der Waals surface area contributed by atoms with Gasteiger partial charge in [0.2, 0.25) is 5.78 Å². The number of ketones is 1. The van der Waals surface area contributed by atoms with Crippen molar-refractivity contribution >= 4 is 5.78 Å². The van der Waals surface area contributed by atoms with Gasteiger partial charge in [0.25, 0.3) is 6.23 Å². The van der Waals surface area contributed by atoms with E-state index in [1.165, 1.54) is 17.3 Å². The van der Waals surface area contributed by atoms with Crippen LogP contribution in [0.1, 0.15) is 27.0 Å². The number of carbonyl (C=O) groups is 1. The monoisotopic (exact) mass is 335 g/mol. The summed E-state index contributed by atoms with van der Waals surface area (Å²) in [5.41, 5.74) is 1.67. The molecule has 0 bridgehead atoms. The highest BCUT2D eigenvalue weighted by Crippen LogP contribution is 2.28. The van der Waals surface area contributed by atoms with Gasteiger partial charge in [0.1, 0.15) is 18.4 Å². The van der Waals surface area contributed by atoms with Gasteiger partial charge in [-0.2, -0.15) is 5.10 Å². The van der Waals surface area contributed by atoms with Crippen molar-refractivity contribution in [2.75, 3.05) is 0 Å². The molecule has 0 saturated heterocycles. The van der Waals surface area contributed by atoms with Gasteiger partial charge in [-0.15, -0.1) is 0 Å². The van der Waals surface area contributed by atoms with Gasteiger partial charge in [0.05, 0.1) is 0 Å². The molecule has 0 amide bonds. The lowest BCUT2D eigenvalue weighted by Crippen LogP contribution is -2.34. The predicted molar refractivity (Wildman–Crippen MR) is 96.0 cm³/mol. The molecule has 0 fully saturated rings. The Balaban J connectivity index is 1.84. The first kappa shape index (κ1) is 16.9. The van der Waals surface area contributed by atoms with E-state index in [0.717, 1.165) is 11.1 Å². The van der Waals surface area contributed by atoms with Crippen LogP contribution < -0.4 is 4.74 Å². The van der Waals surface area contributed by atoms with Crippen LogP contribution in [-0.4, -0.2) is 20.5 Å². The summed E-state index contributed by atoms with van der Waals surface area (Å²) in [6.07, 6.45) is 2.04. The highest BCUT2D eigenvalue weighted by atomic mass is 16.5. The molecular weight excluding hydrogens is 314 g/mol. The fourth-order valence-corrected chi connectivity index (χ4v) is 2.42. The van der Waals surface area contributed by atoms with Crippen LogP contribution in [0.3, 0.4) is 0 Å². The second kappa shape index (κ2) is 6.89. The maximum absolute atomic E-state index is 12.7. The van der Waals surface area contributed by atoms with Crippen molar-refractivity contribution in [2.24, 2.45) is 5.41 Å². The number of carbonyl (C=O) groups excluding carboxylic acids is 1. The number of benzene rings is 2. The van der Waals surface area contributed by atoms with Crippen LogP contribution >= 0.6 is 0 Å².